The second-order valence-electron chi connectivity index (χ2n) is 9.91. The summed E-state index contributed by atoms with van der Waals surface area (Å²) in [6.45, 7) is 5.42. The predicted octanol–water partition coefficient (Wildman–Crippen LogP) is 4.59. The van der Waals surface area contributed by atoms with Gasteiger partial charge in [0, 0.05) is 54.9 Å². The number of hydrogen-bond acceptors (Lipinski definition) is 5. The van der Waals surface area contributed by atoms with Crippen molar-refractivity contribution in [2.24, 2.45) is 0 Å². The van der Waals surface area contributed by atoms with Crippen molar-refractivity contribution in [2.75, 3.05) is 18.8 Å². The maximum absolute atomic E-state index is 13.3. The van der Waals surface area contributed by atoms with Crippen LogP contribution in [-0.2, 0) is 23.7 Å². The smallest absolute Gasteiger partial charge is 0.383 e. The van der Waals surface area contributed by atoms with E-state index in [0.29, 0.717) is 30.4 Å². The average molecular weight is 520 g/mol. The first kappa shape index (κ1) is 24.4. The van der Waals surface area contributed by atoms with Gasteiger partial charge in [-0.1, -0.05) is 11.6 Å². The molecule has 1 saturated heterocycles. The quantitative estimate of drug-likeness (QED) is 0.527. The van der Waals surface area contributed by atoms with Gasteiger partial charge in [0.1, 0.15) is 5.82 Å². The molecule has 2 amide bonds. The number of aromatic nitrogens is 4. The van der Waals surface area contributed by atoms with Crippen LogP contribution < -0.4 is 11.1 Å². The zero-order valence-corrected chi connectivity index (χ0v) is 20.5. The third-order valence-electron chi connectivity index (χ3n) is 7.15. The zero-order chi connectivity index (χ0) is 25.9. The van der Waals surface area contributed by atoms with Crippen LogP contribution in [0.5, 0.6) is 0 Å². The van der Waals surface area contributed by atoms with Gasteiger partial charge >= 0.3 is 12.2 Å². The number of carbonyl (C=O) groups is 1. The summed E-state index contributed by atoms with van der Waals surface area (Å²) >= 11 is 6.29. The monoisotopic (exact) mass is 519 g/mol. The minimum Gasteiger partial charge on any atom is -0.383 e. The number of nitrogens with zero attached hydrogens (tertiary/aromatic N) is 5. The van der Waals surface area contributed by atoms with E-state index in [4.69, 9.17) is 17.3 Å². The summed E-state index contributed by atoms with van der Waals surface area (Å²) in [5, 5.41) is 8.08. The zero-order valence-electron chi connectivity index (χ0n) is 19.7. The lowest BCUT2D eigenvalue weighted by molar-refractivity contribution is -0.137. The molecule has 3 N–H and O–H groups in total. The van der Waals surface area contributed by atoms with Crippen LogP contribution in [0, 0.1) is 0 Å². The van der Waals surface area contributed by atoms with Crippen molar-refractivity contribution in [3.05, 3.63) is 58.6 Å². The summed E-state index contributed by atoms with van der Waals surface area (Å²) in [4.78, 5) is 22.7. The molecular formula is C24H25ClF3N7O. The summed E-state index contributed by atoms with van der Waals surface area (Å²) in [6, 6.07) is 4.36. The van der Waals surface area contributed by atoms with Crippen molar-refractivity contribution >= 4 is 23.4 Å². The lowest BCUT2D eigenvalue weighted by atomic mass is 9.82. The number of alkyl halides is 3. The molecule has 1 fully saturated rings. The number of anilines is 1. The predicted molar refractivity (Wildman–Crippen MR) is 128 cm³/mol. The first-order chi connectivity index (χ1) is 16.9. The molecule has 5 rings (SSSR count). The number of likely N-dealkylation sites (tertiary alicyclic amines) is 1. The van der Waals surface area contributed by atoms with Crippen molar-refractivity contribution in [1.82, 2.24) is 30.0 Å². The van der Waals surface area contributed by atoms with Crippen LogP contribution in [-0.4, -0.2) is 43.8 Å². The van der Waals surface area contributed by atoms with Crippen LogP contribution in [0.15, 0.2) is 36.8 Å². The van der Waals surface area contributed by atoms with Gasteiger partial charge in [-0.2, -0.15) is 18.3 Å². The number of carbonyl (C=O) groups excluding carboxylic acids is 1. The molecule has 1 unspecified atom stereocenters. The second-order valence-corrected chi connectivity index (χ2v) is 10.3. The molecule has 12 heteroatoms. The maximum atomic E-state index is 13.3. The highest BCUT2D eigenvalue weighted by Crippen LogP contribution is 2.44. The summed E-state index contributed by atoms with van der Waals surface area (Å²) in [5.41, 5.74) is 5.76. The number of fused-ring (bicyclic) bond motifs is 2. The Bertz CT molecular complexity index is 1340. The van der Waals surface area contributed by atoms with E-state index >= 15 is 0 Å². The lowest BCUT2D eigenvalue weighted by Crippen LogP contribution is -2.48. The topological polar surface area (TPSA) is 102 Å². The van der Waals surface area contributed by atoms with E-state index < -0.39 is 23.1 Å². The Hall–Kier alpha value is -3.34. The number of pyridine rings is 2. The molecule has 2 aliphatic heterocycles. The number of nitrogens with one attached hydrogen (secondary N) is 1. The van der Waals surface area contributed by atoms with E-state index in [1.165, 1.54) is 6.20 Å². The van der Waals surface area contributed by atoms with Gasteiger partial charge in [-0.05, 0) is 50.5 Å². The fraction of sp³-hybridized carbons (Fsp3) is 0.417. The van der Waals surface area contributed by atoms with Crippen LogP contribution in [0.2, 0.25) is 5.02 Å². The normalized spacial score (nSPS) is 19.7. The number of hydrogen-bond donors (Lipinski definition) is 2. The Morgan fingerprint density at radius 3 is 2.64 bits per heavy atom. The van der Waals surface area contributed by atoms with Gasteiger partial charge in [0.15, 0.2) is 0 Å². The fourth-order valence-corrected chi connectivity index (χ4v) is 5.56. The molecule has 3 aromatic heterocycles. The molecule has 0 aliphatic carbocycles. The van der Waals surface area contributed by atoms with Gasteiger partial charge < -0.3 is 16.0 Å². The molecule has 190 valence electrons. The van der Waals surface area contributed by atoms with E-state index in [2.05, 4.69) is 20.4 Å². The van der Waals surface area contributed by atoms with E-state index in [0.717, 1.165) is 30.2 Å². The number of halogens is 4. The highest BCUT2D eigenvalue weighted by molar-refractivity contribution is 6.31. The SMILES string of the molecule is CC(C)(NC(=O)N1CCC2(CCn3nc(-c4cnc(N)c(C(F)(F)F)c4)cc32)C1)c1ccncc1Cl. The number of aryl methyl sites for hydroxylation is 1. The molecule has 3 aromatic rings. The Balaban J connectivity index is 1.36. The molecule has 2 aliphatic rings. The fourth-order valence-electron chi connectivity index (χ4n) is 5.20. The minimum absolute atomic E-state index is 0.208. The van der Waals surface area contributed by atoms with Crippen LogP contribution in [0.4, 0.5) is 23.8 Å². The van der Waals surface area contributed by atoms with Crippen LogP contribution in [0.25, 0.3) is 11.3 Å². The molecule has 36 heavy (non-hydrogen) atoms. The Morgan fingerprint density at radius 1 is 1.17 bits per heavy atom. The largest absolute Gasteiger partial charge is 0.419 e. The van der Waals surface area contributed by atoms with Crippen molar-refractivity contribution in [3.8, 4) is 11.3 Å². The molecule has 0 radical (unpaired) electrons. The molecule has 1 atom stereocenters. The molecular weight excluding hydrogens is 495 g/mol. The molecule has 0 bridgehead atoms. The van der Waals surface area contributed by atoms with Crippen molar-refractivity contribution < 1.29 is 18.0 Å². The Kier molecular flexibility index (Phi) is 5.66. The van der Waals surface area contributed by atoms with E-state index in [1.54, 1.807) is 23.4 Å². The third-order valence-corrected chi connectivity index (χ3v) is 7.45. The first-order valence-corrected chi connectivity index (χ1v) is 11.9. The molecule has 0 saturated carbocycles. The number of urea groups is 1. The summed E-state index contributed by atoms with van der Waals surface area (Å²) in [7, 11) is 0. The van der Waals surface area contributed by atoms with Crippen LogP contribution in [0.1, 0.15) is 43.5 Å². The molecule has 5 heterocycles. The lowest BCUT2D eigenvalue weighted by Gasteiger charge is -2.31. The third kappa shape index (κ3) is 4.15. The van der Waals surface area contributed by atoms with Gasteiger partial charge in [0.05, 0.1) is 21.8 Å². The van der Waals surface area contributed by atoms with E-state index in [1.807, 2.05) is 24.6 Å². The molecule has 0 aromatic carbocycles. The summed E-state index contributed by atoms with van der Waals surface area (Å²) in [5.74, 6) is -0.567. The first-order valence-electron chi connectivity index (χ1n) is 11.5. The number of amides is 2. The van der Waals surface area contributed by atoms with Crippen molar-refractivity contribution in [1.29, 1.82) is 0 Å². The van der Waals surface area contributed by atoms with E-state index in [9.17, 15) is 18.0 Å². The van der Waals surface area contributed by atoms with E-state index in [-0.39, 0.29) is 17.0 Å². The van der Waals surface area contributed by atoms with Gasteiger partial charge in [-0.3, -0.25) is 9.67 Å². The standard InChI is InChI=1S/C24H25ClF3N7O/c1-22(2,15-3-6-30-12-17(15)25)32-21(36)34-7-4-23(13-34)5-8-35-19(23)10-18(33-35)14-9-16(24(26,27)28)20(29)31-11-14/h3,6,9-12H,4-5,7-8,13H2,1-2H3,(H2,29,31)(H,32,36). The number of nitrogens with two attached hydrogens (primary N) is 1. The van der Waals surface area contributed by atoms with Crippen molar-refractivity contribution in [3.63, 3.8) is 0 Å². The van der Waals surface area contributed by atoms with Gasteiger partial charge in [-0.15, -0.1) is 0 Å². The highest BCUT2D eigenvalue weighted by atomic mass is 35.5. The maximum Gasteiger partial charge on any atom is 0.419 e. The van der Waals surface area contributed by atoms with Crippen LogP contribution in [0.3, 0.4) is 0 Å². The minimum atomic E-state index is -4.61. The Morgan fingerprint density at radius 2 is 1.92 bits per heavy atom. The summed E-state index contributed by atoms with van der Waals surface area (Å²) in [6.07, 6.45) is 1.40. The van der Waals surface area contributed by atoms with Crippen LogP contribution >= 0.6 is 11.6 Å². The highest BCUT2D eigenvalue weighted by Gasteiger charge is 2.47. The summed E-state index contributed by atoms with van der Waals surface area (Å²) < 4.78 is 41.8. The number of nitrogen functional groups attached to an aromatic ring is 1. The van der Waals surface area contributed by atoms with Gasteiger partial charge in [0.2, 0.25) is 0 Å². The van der Waals surface area contributed by atoms with Gasteiger partial charge in [-0.25, -0.2) is 9.78 Å². The second kappa shape index (κ2) is 8.36. The number of rotatable bonds is 3. The van der Waals surface area contributed by atoms with Crippen molar-refractivity contribution in [2.45, 2.75) is 50.4 Å². The van der Waals surface area contributed by atoms with Gasteiger partial charge in [0.25, 0.3) is 0 Å². The molecule has 8 nitrogen and oxygen atoms in total. The molecule has 1 spiro atoms. The average Bonchev–Trinajstić information content (AvgIpc) is 3.50. The Labute approximate surface area is 210 Å².